The van der Waals surface area contributed by atoms with Crippen molar-refractivity contribution in [2.45, 2.75) is 32.0 Å². The number of carboxylic acids is 1. The number of piperidine rings is 1. The highest BCUT2D eigenvalue weighted by atomic mass is 19.4. The van der Waals surface area contributed by atoms with Crippen LogP contribution in [0.15, 0.2) is 42.7 Å². The van der Waals surface area contributed by atoms with Crippen LogP contribution in [0.2, 0.25) is 0 Å². The van der Waals surface area contributed by atoms with Crippen LogP contribution < -0.4 is 0 Å². The quantitative estimate of drug-likeness (QED) is 0.863. The van der Waals surface area contributed by atoms with E-state index in [1.54, 1.807) is 0 Å². The standard InChI is InChI=1S/C19H21F3N2O2/c20-19(21,22)16-1-3-17(4-2-16)24-10-7-15(13-24)12-23-8-5-14(6-9-23)11-18(25)26/h1-4,7,10,13-14H,5-6,8-9,11-12H2,(H,25,26). The second-order valence-corrected chi connectivity index (χ2v) is 6.79. The fourth-order valence-electron chi connectivity index (χ4n) is 3.37. The highest BCUT2D eigenvalue weighted by molar-refractivity contribution is 5.67. The molecule has 2 heterocycles. The number of hydrogen-bond acceptors (Lipinski definition) is 2. The zero-order valence-electron chi connectivity index (χ0n) is 14.2. The molecule has 1 N–H and O–H groups in total. The van der Waals surface area contributed by atoms with Crippen LogP contribution in [0.3, 0.4) is 0 Å². The van der Waals surface area contributed by atoms with E-state index in [0.717, 1.165) is 50.2 Å². The highest BCUT2D eigenvalue weighted by Gasteiger charge is 2.30. The van der Waals surface area contributed by atoms with Crippen LogP contribution in [-0.2, 0) is 17.5 Å². The number of carboxylic acid groups (broad SMARTS) is 1. The summed E-state index contributed by atoms with van der Waals surface area (Å²) in [5.41, 5.74) is 1.11. The number of aromatic nitrogens is 1. The molecule has 0 amide bonds. The van der Waals surface area contributed by atoms with Gasteiger partial charge in [-0.15, -0.1) is 0 Å². The molecular weight excluding hydrogens is 345 g/mol. The zero-order valence-corrected chi connectivity index (χ0v) is 14.2. The van der Waals surface area contributed by atoms with E-state index in [4.69, 9.17) is 5.11 Å². The summed E-state index contributed by atoms with van der Waals surface area (Å²) >= 11 is 0. The van der Waals surface area contributed by atoms with Gasteiger partial charge < -0.3 is 9.67 Å². The molecule has 7 heteroatoms. The van der Waals surface area contributed by atoms with Crippen LogP contribution in [-0.4, -0.2) is 33.6 Å². The topological polar surface area (TPSA) is 45.5 Å². The lowest BCUT2D eigenvalue weighted by Gasteiger charge is -2.31. The summed E-state index contributed by atoms with van der Waals surface area (Å²) in [4.78, 5) is 13.1. The number of rotatable bonds is 5. The number of carbonyl (C=O) groups is 1. The largest absolute Gasteiger partial charge is 0.481 e. The Morgan fingerprint density at radius 2 is 1.77 bits per heavy atom. The summed E-state index contributed by atoms with van der Waals surface area (Å²) in [6.07, 6.45) is 1.43. The lowest BCUT2D eigenvalue weighted by atomic mass is 9.93. The molecule has 2 aromatic rings. The Morgan fingerprint density at radius 3 is 2.35 bits per heavy atom. The Hall–Kier alpha value is -2.28. The number of aliphatic carboxylic acids is 1. The molecule has 1 fully saturated rings. The molecule has 1 aliphatic heterocycles. The lowest BCUT2D eigenvalue weighted by molar-refractivity contribution is -0.139. The first kappa shape index (κ1) is 18.5. The Labute approximate surface area is 149 Å². The fraction of sp³-hybridized carbons (Fsp3) is 0.421. The van der Waals surface area contributed by atoms with E-state index in [2.05, 4.69) is 4.90 Å². The minimum absolute atomic E-state index is 0.234. The van der Waals surface area contributed by atoms with Gasteiger partial charge >= 0.3 is 12.1 Å². The van der Waals surface area contributed by atoms with Crippen molar-refractivity contribution in [2.24, 2.45) is 5.92 Å². The van der Waals surface area contributed by atoms with Crippen LogP contribution in [0.5, 0.6) is 0 Å². The van der Waals surface area contributed by atoms with Gasteiger partial charge in [0.1, 0.15) is 0 Å². The molecule has 1 saturated heterocycles. The number of likely N-dealkylation sites (tertiary alicyclic amines) is 1. The molecule has 0 atom stereocenters. The van der Waals surface area contributed by atoms with Gasteiger partial charge in [-0.05, 0) is 67.7 Å². The molecule has 1 aromatic heterocycles. The Bertz CT molecular complexity index is 745. The molecule has 0 radical (unpaired) electrons. The van der Waals surface area contributed by atoms with E-state index in [0.29, 0.717) is 5.69 Å². The third-order valence-corrected chi connectivity index (χ3v) is 4.82. The van der Waals surface area contributed by atoms with Crippen LogP contribution in [0.4, 0.5) is 13.2 Å². The lowest BCUT2D eigenvalue weighted by Crippen LogP contribution is -2.33. The van der Waals surface area contributed by atoms with Crippen LogP contribution in [0.1, 0.15) is 30.4 Å². The van der Waals surface area contributed by atoms with Gasteiger partial charge in [-0.2, -0.15) is 13.2 Å². The number of hydrogen-bond donors (Lipinski definition) is 1. The first-order chi connectivity index (χ1) is 12.3. The molecule has 0 unspecified atom stereocenters. The van der Waals surface area contributed by atoms with Crippen molar-refractivity contribution in [1.82, 2.24) is 9.47 Å². The van der Waals surface area contributed by atoms with Crippen LogP contribution in [0, 0.1) is 5.92 Å². The van der Waals surface area contributed by atoms with Crippen molar-refractivity contribution in [1.29, 1.82) is 0 Å². The molecule has 26 heavy (non-hydrogen) atoms. The van der Waals surface area contributed by atoms with Gasteiger partial charge in [0, 0.05) is 31.0 Å². The average molecular weight is 366 g/mol. The zero-order chi connectivity index (χ0) is 18.7. The molecule has 3 rings (SSSR count). The normalized spacial score (nSPS) is 16.7. The highest BCUT2D eigenvalue weighted by Crippen LogP contribution is 2.29. The molecule has 140 valence electrons. The van der Waals surface area contributed by atoms with Crippen LogP contribution in [0.25, 0.3) is 5.69 Å². The maximum absolute atomic E-state index is 12.6. The van der Waals surface area contributed by atoms with Gasteiger partial charge in [-0.3, -0.25) is 9.69 Å². The van der Waals surface area contributed by atoms with Crippen molar-refractivity contribution >= 4 is 5.97 Å². The molecule has 0 bridgehead atoms. The van der Waals surface area contributed by atoms with Gasteiger partial charge in [0.2, 0.25) is 0 Å². The van der Waals surface area contributed by atoms with Crippen molar-refractivity contribution in [3.8, 4) is 5.69 Å². The third-order valence-electron chi connectivity index (χ3n) is 4.82. The smallest absolute Gasteiger partial charge is 0.416 e. The molecule has 0 aliphatic carbocycles. The van der Waals surface area contributed by atoms with Crippen molar-refractivity contribution in [3.05, 3.63) is 53.9 Å². The summed E-state index contributed by atoms with van der Waals surface area (Å²) in [7, 11) is 0. The Kier molecular flexibility index (Phi) is 5.36. The average Bonchev–Trinajstić information content (AvgIpc) is 3.04. The van der Waals surface area contributed by atoms with Crippen molar-refractivity contribution in [3.63, 3.8) is 0 Å². The Balaban J connectivity index is 1.58. The predicted octanol–water partition coefficient (Wildman–Crippen LogP) is 4.18. The van der Waals surface area contributed by atoms with E-state index in [9.17, 15) is 18.0 Å². The number of alkyl halides is 3. The number of nitrogens with zero attached hydrogens (tertiary/aromatic N) is 2. The summed E-state index contributed by atoms with van der Waals surface area (Å²) in [5.74, 6) is -0.488. The van der Waals surface area contributed by atoms with E-state index < -0.39 is 17.7 Å². The van der Waals surface area contributed by atoms with Gasteiger partial charge in [0.05, 0.1) is 5.56 Å². The number of halogens is 3. The molecule has 0 spiro atoms. The second-order valence-electron chi connectivity index (χ2n) is 6.79. The second kappa shape index (κ2) is 7.53. The van der Waals surface area contributed by atoms with Crippen molar-refractivity contribution in [2.75, 3.05) is 13.1 Å². The maximum atomic E-state index is 12.6. The summed E-state index contributed by atoms with van der Waals surface area (Å²) in [5, 5.41) is 8.86. The van der Waals surface area contributed by atoms with Gasteiger partial charge in [-0.25, -0.2) is 0 Å². The number of benzene rings is 1. The maximum Gasteiger partial charge on any atom is 0.416 e. The minimum Gasteiger partial charge on any atom is -0.481 e. The van der Waals surface area contributed by atoms with Gasteiger partial charge in [0.15, 0.2) is 0 Å². The SMILES string of the molecule is O=C(O)CC1CCN(Cc2ccn(-c3ccc(C(F)(F)F)cc3)c2)CC1. The van der Waals surface area contributed by atoms with Crippen molar-refractivity contribution < 1.29 is 23.1 Å². The fourth-order valence-corrected chi connectivity index (χ4v) is 3.37. The van der Waals surface area contributed by atoms with Gasteiger partial charge in [-0.1, -0.05) is 0 Å². The van der Waals surface area contributed by atoms with E-state index in [1.165, 1.54) is 12.1 Å². The summed E-state index contributed by atoms with van der Waals surface area (Å²) in [6.45, 7) is 2.49. The van der Waals surface area contributed by atoms with Gasteiger partial charge in [0.25, 0.3) is 0 Å². The van der Waals surface area contributed by atoms with E-state index in [1.807, 2.05) is 23.0 Å². The molecule has 1 aliphatic rings. The van der Waals surface area contributed by atoms with E-state index >= 15 is 0 Å². The summed E-state index contributed by atoms with van der Waals surface area (Å²) < 4.78 is 39.7. The third kappa shape index (κ3) is 4.66. The monoisotopic (exact) mass is 366 g/mol. The minimum atomic E-state index is -4.33. The first-order valence-electron chi connectivity index (χ1n) is 8.60. The van der Waals surface area contributed by atoms with E-state index in [-0.39, 0.29) is 12.3 Å². The molecule has 0 saturated carbocycles. The molecule has 4 nitrogen and oxygen atoms in total. The molecular formula is C19H21F3N2O2. The first-order valence-corrected chi connectivity index (χ1v) is 8.60. The van der Waals surface area contributed by atoms with Crippen LogP contribution >= 0.6 is 0 Å². The summed E-state index contributed by atoms with van der Waals surface area (Å²) in [6, 6.07) is 7.06. The predicted molar refractivity (Wildman–Crippen MR) is 91.0 cm³/mol. The molecule has 1 aromatic carbocycles. The Morgan fingerprint density at radius 1 is 1.12 bits per heavy atom.